The van der Waals surface area contributed by atoms with Crippen LogP contribution >= 0.6 is 11.8 Å². The summed E-state index contributed by atoms with van der Waals surface area (Å²) in [5.41, 5.74) is 1.58. The third-order valence-electron chi connectivity index (χ3n) is 3.12. The van der Waals surface area contributed by atoms with E-state index in [-0.39, 0.29) is 18.4 Å². The molecule has 2 aromatic rings. The fourth-order valence-electron chi connectivity index (χ4n) is 1.84. The molecule has 0 aliphatic heterocycles. The van der Waals surface area contributed by atoms with Crippen molar-refractivity contribution in [2.24, 2.45) is 5.92 Å². The fourth-order valence-corrected chi connectivity index (χ4v) is 2.37. The molecule has 0 fully saturated rings. The topological polar surface area (TPSA) is 67.2 Å². The molecular weight excluding hydrogens is 286 g/mol. The van der Waals surface area contributed by atoms with Gasteiger partial charge in [-0.25, -0.2) is 4.98 Å². The Hall–Kier alpha value is -1.79. The second-order valence-corrected chi connectivity index (χ2v) is 5.60. The normalized spacial score (nSPS) is 12.1. The van der Waals surface area contributed by atoms with Crippen LogP contribution in [0.1, 0.15) is 17.3 Å². The molecule has 6 heteroatoms. The quantitative estimate of drug-likeness (QED) is 0.801. The summed E-state index contributed by atoms with van der Waals surface area (Å²) >= 11 is 1.57. The number of benzene rings is 1. The minimum Gasteiger partial charge on any atom is -0.396 e. The minimum absolute atomic E-state index is 0.0586. The number of imidazole rings is 1. The van der Waals surface area contributed by atoms with Crippen LogP contribution in [0.25, 0.3) is 5.69 Å². The number of aromatic nitrogens is 2. The molecule has 0 saturated carbocycles. The summed E-state index contributed by atoms with van der Waals surface area (Å²) in [4.78, 5) is 16.2. The molecule has 1 aromatic heterocycles. The Morgan fingerprint density at radius 1 is 1.43 bits per heavy atom. The molecule has 2 N–H and O–H groups in total. The SMILES string of the molecule is CSc1nccn1-c1ccc(C(=O)NCC(C)CO)cc1. The second kappa shape index (κ2) is 7.28. The Labute approximate surface area is 128 Å². The molecular formula is C15H19N3O2S. The lowest BCUT2D eigenvalue weighted by Gasteiger charge is -2.10. The number of carbonyl (C=O) groups excluding carboxylic acids is 1. The zero-order valence-electron chi connectivity index (χ0n) is 12.1. The van der Waals surface area contributed by atoms with Crippen molar-refractivity contribution in [2.75, 3.05) is 19.4 Å². The fraction of sp³-hybridized carbons (Fsp3) is 0.333. The lowest BCUT2D eigenvalue weighted by Crippen LogP contribution is -2.29. The maximum absolute atomic E-state index is 12.0. The molecule has 21 heavy (non-hydrogen) atoms. The molecule has 5 nitrogen and oxygen atoms in total. The number of rotatable bonds is 6. The summed E-state index contributed by atoms with van der Waals surface area (Å²) in [6, 6.07) is 7.37. The first-order chi connectivity index (χ1) is 10.2. The second-order valence-electron chi connectivity index (χ2n) is 4.83. The van der Waals surface area contributed by atoms with E-state index in [1.54, 1.807) is 30.1 Å². The van der Waals surface area contributed by atoms with Crippen LogP contribution in [0.3, 0.4) is 0 Å². The first-order valence-corrected chi connectivity index (χ1v) is 7.95. The van der Waals surface area contributed by atoms with Crippen molar-refractivity contribution >= 4 is 17.7 Å². The Bertz CT molecular complexity index is 595. The van der Waals surface area contributed by atoms with Gasteiger partial charge in [-0.3, -0.25) is 9.36 Å². The number of hydrogen-bond donors (Lipinski definition) is 2. The van der Waals surface area contributed by atoms with Crippen LogP contribution in [0.5, 0.6) is 0 Å². The molecule has 0 aliphatic carbocycles. The van der Waals surface area contributed by atoms with Gasteiger partial charge in [-0.15, -0.1) is 0 Å². The maximum atomic E-state index is 12.0. The minimum atomic E-state index is -0.127. The molecule has 0 bridgehead atoms. The van der Waals surface area contributed by atoms with Crippen LogP contribution in [-0.2, 0) is 0 Å². The number of aliphatic hydroxyl groups excluding tert-OH is 1. The largest absolute Gasteiger partial charge is 0.396 e. The number of carbonyl (C=O) groups is 1. The highest BCUT2D eigenvalue weighted by Crippen LogP contribution is 2.18. The van der Waals surface area contributed by atoms with Crippen molar-refractivity contribution in [1.29, 1.82) is 0 Å². The molecule has 0 spiro atoms. The molecule has 0 radical (unpaired) electrons. The van der Waals surface area contributed by atoms with Gasteiger partial charge in [0, 0.05) is 36.8 Å². The molecule has 1 heterocycles. The molecule has 112 valence electrons. The van der Waals surface area contributed by atoms with Crippen LogP contribution in [0.4, 0.5) is 0 Å². The first kappa shape index (κ1) is 15.6. The van der Waals surface area contributed by atoms with Crippen LogP contribution in [0.2, 0.25) is 0 Å². The highest BCUT2D eigenvalue weighted by molar-refractivity contribution is 7.98. The lowest BCUT2D eigenvalue weighted by atomic mass is 10.1. The third kappa shape index (κ3) is 3.86. The number of nitrogens with one attached hydrogen (secondary N) is 1. The van der Waals surface area contributed by atoms with E-state index in [4.69, 9.17) is 5.11 Å². The van der Waals surface area contributed by atoms with Gasteiger partial charge in [-0.05, 0) is 36.4 Å². The van der Waals surface area contributed by atoms with Crippen LogP contribution < -0.4 is 5.32 Å². The summed E-state index contributed by atoms with van der Waals surface area (Å²) < 4.78 is 1.97. The Morgan fingerprint density at radius 3 is 2.76 bits per heavy atom. The number of hydrogen-bond acceptors (Lipinski definition) is 4. The Morgan fingerprint density at radius 2 is 2.14 bits per heavy atom. The molecule has 2 rings (SSSR count). The highest BCUT2D eigenvalue weighted by atomic mass is 32.2. The van der Waals surface area contributed by atoms with E-state index in [0.717, 1.165) is 10.8 Å². The van der Waals surface area contributed by atoms with E-state index in [1.807, 2.05) is 36.1 Å². The molecule has 1 atom stereocenters. The van der Waals surface area contributed by atoms with E-state index in [9.17, 15) is 4.79 Å². The van der Waals surface area contributed by atoms with Crippen molar-refractivity contribution in [3.63, 3.8) is 0 Å². The van der Waals surface area contributed by atoms with E-state index >= 15 is 0 Å². The number of thioether (sulfide) groups is 1. The maximum Gasteiger partial charge on any atom is 0.251 e. The van der Waals surface area contributed by atoms with Gasteiger partial charge in [0.25, 0.3) is 5.91 Å². The molecule has 0 aliphatic rings. The van der Waals surface area contributed by atoms with Gasteiger partial charge in [0.1, 0.15) is 0 Å². The zero-order valence-corrected chi connectivity index (χ0v) is 12.9. The average Bonchev–Trinajstić information content (AvgIpc) is 3.00. The van der Waals surface area contributed by atoms with Crippen molar-refractivity contribution in [3.8, 4) is 5.69 Å². The Balaban J connectivity index is 2.07. The molecule has 1 unspecified atom stereocenters. The highest BCUT2D eigenvalue weighted by Gasteiger charge is 2.08. The van der Waals surface area contributed by atoms with Crippen LogP contribution in [0, 0.1) is 5.92 Å². The van der Waals surface area contributed by atoms with Gasteiger partial charge in [0.05, 0.1) is 0 Å². The van der Waals surface area contributed by atoms with Crippen LogP contribution in [0.15, 0.2) is 41.8 Å². The summed E-state index contributed by atoms with van der Waals surface area (Å²) in [6.07, 6.45) is 5.62. The van der Waals surface area contributed by atoms with E-state index < -0.39 is 0 Å². The summed E-state index contributed by atoms with van der Waals surface area (Å²) in [7, 11) is 0. The van der Waals surface area contributed by atoms with E-state index in [1.165, 1.54) is 0 Å². The van der Waals surface area contributed by atoms with E-state index in [2.05, 4.69) is 10.3 Å². The van der Waals surface area contributed by atoms with Crippen molar-refractivity contribution in [3.05, 3.63) is 42.2 Å². The Kier molecular flexibility index (Phi) is 5.41. The zero-order chi connectivity index (χ0) is 15.2. The predicted octanol–water partition coefficient (Wildman–Crippen LogP) is 1.95. The monoisotopic (exact) mass is 305 g/mol. The summed E-state index contributed by atoms with van der Waals surface area (Å²) in [6.45, 7) is 2.42. The number of nitrogens with zero attached hydrogens (tertiary/aromatic N) is 2. The standard InChI is InChI=1S/C15H19N3O2S/c1-11(10-19)9-17-14(20)12-3-5-13(6-4-12)18-8-7-16-15(18)21-2/h3-8,11,19H,9-10H2,1-2H3,(H,17,20). The third-order valence-corrected chi connectivity index (χ3v) is 3.79. The number of amides is 1. The van der Waals surface area contributed by atoms with Crippen LogP contribution in [-0.4, -0.2) is 40.0 Å². The van der Waals surface area contributed by atoms with Gasteiger partial charge >= 0.3 is 0 Å². The van der Waals surface area contributed by atoms with Gasteiger partial charge in [-0.1, -0.05) is 18.7 Å². The smallest absolute Gasteiger partial charge is 0.251 e. The van der Waals surface area contributed by atoms with Gasteiger partial charge in [0.2, 0.25) is 0 Å². The van der Waals surface area contributed by atoms with Gasteiger partial charge in [0.15, 0.2) is 5.16 Å². The first-order valence-electron chi connectivity index (χ1n) is 6.72. The van der Waals surface area contributed by atoms with Crippen molar-refractivity contribution < 1.29 is 9.90 Å². The molecule has 0 saturated heterocycles. The predicted molar refractivity (Wildman–Crippen MR) is 83.9 cm³/mol. The van der Waals surface area contributed by atoms with Crippen molar-refractivity contribution in [2.45, 2.75) is 12.1 Å². The number of aliphatic hydroxyl groups is 1. The van der Waals surface area contributed by atoms with Gasteiger partial charge < -0.3 is 10.4 Å². The summed E-state index contributed by atoms with van der Waals surface area (Å²) in [5.74, 6) is -0.0686. The summed E-state index contributed by atoms with van der Waals surface area (Å²) in [5, 5.41) is 12.7. The van der Waals surface area contributed by atoms with Gasteiger partial charge in [-0.2, -0.15) is 0 Å². The van der Waals surface area contributed by atoms with E-state index in [0.29, 0.717) is 12.1 Å². The van der Waals surface area contributed by atoms with Crippen molar-refractivity contribution in [1.82, 2.24) is 14.9 Å². The average molecular weight is 305 g/mol. The molecule has 1 amide bonds. The lowest BCUT2D eigenvalue weighted by molar-refractivity contribution is 0.0942. The molecule has 1 aromatic carbocycles.